The number of para-hydroxylation sites is 1. The van der Waals surface area contributed by atoms with Crippen molar-refractivity contribution in [1.29, 1.82) is 5.26 Å². The monoisotopic (exact) mass is 469 g/mol. The molecular formula is C27H20FN3O2S. The standard InChI is InChI=1S/C27H20FN3O2S/c1-18(20-8-4-2-5-9-20)30-25(32)23(17-29)27-31(22-10-6-3-7-11-22)26(33)24(34-27)16-19-12-14-21(28)15-13-19/h2-16,18H,1H3,(H,30,32)/b24-16+,27-23+/t18-/m1/s1. The Balaban J connectivity index is 1.89. The van der Waals surface area contributed by atoms with Crippen molar-refractivity contribution in [1.82, 2.24) is 9.88 Å². The zero-order chi connectivity index (χ0) is 24.1. The molecule has 0 bridgehead atoms. The van der Waals surface area contributed by atoms with E-state index in [-0.39, 0.29) is 27.7 Å². The molecule has 4 rings (SSSR count). The molecule has 0 saturated heterocycles. The number of amides is 1. The van der Waals surface area contributed by atoms with Gasteiger partial charge in [-0.25, -0.2) is 4.39 Å². The molecular weight excluding hydrogens is 449 g/mol. The molecule has 34 heavy (non-hydrogen) atoms. The number of carbonyl (C=O) groups is 1. The number of nitrogens with one attached hydrogen (secondary N) is 1. The average Bonchev–Trinajstić information content (AvgIpc) is 3.17. The molecule has 5 nitrogen and oxygen atoms in total. The molecule has 0 aliphatic carbocycles. The van der Waals surface area contributed by atoms with Gasteiger partial charge >= 0.3 is 0 Å². The molecule has 0 aliphatic heterocycles. The molecule has 1 amide bonds. The van der Waals surface area contributed by atoms with Crippen molar-refractivity contribution in [3.8, 4) is 11.8 Å². The molecule has 0 saturated carbocycles. The van der Waals surface area contributed by atoms with E-state index < -0.39 is 5.91 Å². The lowest BCUT2D eigenvalue weighted by Crippen LogP contribution is -2.34. The molecule has 0 aliphatic rings. The minimum atomic E-state index is -0.571. The maximum absolute atomic E-state index is 13.4. The van der Waals surface area contributed by atoms with Crippen molar-refractivity contribution in [2.45, 2.75) is 13.0 Å². The maximum Gasteiger partial charge on any atom is 0.273 e. The van der Waals surface area contributed by atoms with Crippen LogP contribution in [0.1, 0.15) is 24.1 Å². The molecule has 1 N–H and O–H groups in total. The molecule has 0 fully saturated rings. The summed E-state index contributed by atoms with van der Waals surface area (Å²) in [5.74, 6) is -0.951. The molecule has 168 valence electrons. The lowest BCUT2D eigenvalue weighted by molar-refractivity contribution is -0.116. The lowest BCUT2D eigenvalue weighted by Gasteiger charge is -2.13. The number of aromatic nitrogens is 1. The van der Waals surface area contributed by atoms with Crippen LogP contribution in [0.5, 0.6) is 0 Å². The summed E-state index contributed by atoms with van der Waals surface area (Å²) in [6, 6.07) is 25.6. The van der Waals surface area contributed by atoms with Gasteiger partial charge in [-0.1, -0.05) is 60.7 Å². The van der Waals surface area contributed by atoms with Gasteiger partial charge in [0.05, 0.1) is 16.3 Å². The minimum Gasteiger partial charge on any atom is -0.345 e. The van der Waals surface area contributed by atoms with Crippen molar-refractivity contribution in [3.05, 3.63) is 121 Å². The summed E-state index contributed by atoms with van der Waals surface area (Å²) < 4.78 is 15.2. The number of carbonyl (C=O) groups excluding carboxylic acids is 1. The highest BCUT2D eigenvalue weighted by Gasteiger charge is 2.19. The Morgan fingerprint density at radius 3 is 2.26 bits per heavy atom. The SMILES string of the molecule is C[C@@H](NC(=O)/C(C#N)=c1/s/c(=C/c2ccc(F)cc2)c(=O)n1-c1ccccc1)c1ccccc1. The molecule has 0 unspecified atom stereocenters. The number of nitrogens with zero attached hydrogens (tertiary/aromatic N) is 2. The van der Waals surface area contributed by atoms with Gasteiger partial charge in [0.2, 0.25) is 0 Å². The van der Waals surface area contributed by atoms with E-state index in [1.807, 2.05) is 49.4 Å². The third-order valence-electron chi connectivity index (χ3n) is 5.21. The first kappa shape index (κ1) is 22.9. The first-order valence-corrected chi connectivity index (χ1v) is 11.3. The summed E-state index contributed by atoms with van der Waals surface area (Å²) in [6.07, 6.45) is 1.62. The van der Waals surface area contributed by atoms with Crippen LogP contribution in [0.2, 0.25) is 0 Å². The van der Waals surface area contributed by atoms with Crippen LogP contribution >= 0.6 is 11.3 Å². The van der Waals surface area contributed by atoms with Crippen LogP contribution in [0.3, 0.4) is 0 Å². The number of benzene rings is 3. The minimum absolute atomic E-state index is 0.160. The zero-order valence-electron chi connectivity index (χ0n) is 18.2. The highest BCUT2D eigenvalue weighted by molar-refractivity contribution is 7.07. The summed E-state index contributed by atoms with van der Waals surface area (Å²) in [6.45, 7) is 1.83. The van der Waals surface area contributed by atoms with Crippen LogP contribution < -0.4 is 20.1 Å². The van der Waals surface area contributed by atoms with E-state index in [1.165, 1.54) is 16.7 Å². The number of nitriles is 1. The number of hydrogen-bond donors (Lipinski definition) is 1. The van der Waals surface area contributed by atoms with Crippen LogP contribution in [0.4, 0.5) is 4.39 Å². The van der Waals surface area contributed by atoms with Gasteiger partial charge < -0.3 is 5.32 Å². The smallest absolute Gasteiger partial charge is 0.273 e. The van der Waals surface area contributed by atoms with Crippen molar-refractivity contribution in [3.63, 3.8) is 0 Å². The van der Waals surface area contributed by atoms with E-state index in [0.29, 0.717) is 15.8 Å². The third kappa shape index (κ3) is 4.87. The van der Waals surface area contributed by atoms with Gasteiger partial charge in [-0.05, 0) is 48.4 Å². The Morgan fingerprint density at radius 2 is 1.65 bits per heavy atom. The predicted octanol–water partition coefficient (Wildman–Crippen LogP) is 3.42. The summed E-state index contributed by atoms with van der Waals surface area (Å²) in [5.41, 5.74) is 1.53. The molecule has 7 heteroatoms. The van der Waals surface area contributed by atoms with Gasteiger partial charge in [0.1, 0.15) is 16.5 Å². The second-order valence-electron chi connectivity index (χ2n) is 7.54. The summed E-state index contributed by atoms with van der Waals surface area (Å²) in [7, 11) is 0. The van der Waals surface area contributed by atoms with Gasteiger partial charge in [0.25, 0.3) is 11.5 Å². The molecule has 1 aromatic heterocycles. The van der Waals surface area contributed by atoms with Crippen LogP contribution in [0.15, 0.2) is 89.7 Å². The molecule has 0 spiro atoms. The Bertz CT molecular complexity index is 1530. The summed E-state index contributed by atoms with van der Waals surface area (Å²) in [5, 5.41) is 12.8. The van der Waals surface area contributed by atoms with Crippen LogP contribution in [0.25, 0.3) is 17.3 Å². The first-order chi connectivity index (χ1) is 16.5. The Labute approximate surface area is 199 Å². The molecule has 3 aromatic carbocycles. The Kier molecular flexibility index (Phi) is 6.81. The third-order valence-corrected chi connectivity index (χ3v) is 6.30. The fourth-order valence-corrected chi connectivity index (χ4v) is 4.56. The van der Waals surface area contributed by atoms with E-state index >= 15 is 0 Å². The molecule has 1 heterocycles. The van der Waals surface area contributed by atoms with Crippen LogP contribution in [-0.2, 0) is 4.79 Å². The fraction of sp³-hybridized carbons (Fsp3) is 0.0741. The number of rotatable bonds is 5. The topological polar surface area (TPSA) is 74.9 Å². The van der Waals surface area contributed by atoms with E-state index in [9.17, 15) is 19.2 Å². The zero-order valence-corrected chi connectivity index (χ0v) is 19.1. The Hall–Kier alpha value is -4.28. The molecule has 1 atom stereocenters. The van der Waals surface area contributed by atoms with Gasteiger partial charge in [-0.3, -0.25) is 14.2 Å². The summed E-state index contributed by atoms with van der Waals surface area (Å²) in [4.78, 5) is 26.5. The Morgan fingerprint density at radius 1 is 1.03 bits per heavy atom. The van der Waals surface area contributed by atoms with Crippen LogP contribution in [0, 0.1) is 17.1 Å². The van der Waals surface area contributed by atoms with Crippen LogP contribution in [-0.4, -0.2) is 10.5 Å². The molecule has 0 radical (unpaired) electrons. The first-order valence-electron chi connectivity index (χ1n) is 10.5. The average molecular weight is 470 g/mol. The van der Waals surface area contributed by atoms with Gasteiger partial charge in [-0.2, -0.15) is 5.26 Å². The molecule has 4 aromatic rings. The highest BCUT2D eigenvalue weighted by atomic mass is 32.1. The number of halogens is 1. The quantitative estimate of drug-likeness (QED) is 0.487. The number of thiazole rings is 1. The van der Waals surface area contributed by atoms with Crippen molar-refractivity contribution in [2.75, 3.05) is 0 Å². The fourth-order valence-electron chi connectivity index (χ4n) is 3.46. The maximum atomic E-state index is 13.4. The highest BCUT2D eigenvalue weighted by Crippen LogP contribution is 2.12. The van der Waals surface area contributed by atoms with Gasteiger partial charge in [0, 0.05) is 0 Å². The van der Waals surface area contributed by atoms with Crippen molar-refractivity contribution >= 4 is 28.9 Å². The van der Waals surface area contributed by atoms with Crippen molar-refractivity contribution in [2.24, 2.45) is 0 Å². The van der Waals surface area contributed by atoms with E-state index in [1.54, 1.807) is 42.5 Å². The van der Waals surface area contributed by atoms with E-state index in [0.717, 1.165) is 16.9 Å². The predicted molar refractivity (Wildman–Crippen MR) is 131 cm³/mol. The van der Waals surface area contributed by atoms with E-state index in [4.69, 9.17) is 0 Å². The van der Waals surface area contributed by atoms with Crippen molar-refractivity contribution < 1.29 is 9.18 Å². The largest absolute Gasteiger partial charge is 0.345 e. The van der Waals surface area contributed by atoms with Gasteiger partial charge in [-0.15, -0.1) is 11.3 Å². The lowest BCUT2D eigenvalue weighted by atomic mass is 10.1. The summed E-state index contributed by atoms with van der Waals surface area (Å²) >= 11 is 1.04. The second-order valence-corrected chi connectivity index (χ2v) is 8.57. The second kappa shape index (κ2) is 10.1. The van der Waals surface area contributed by atoms with E-state index in [2.05, 4.69) is 5.32 Å². The number of hydrogen-bond acceptors (Lipinski definition) is 4. The normalized spacial score (nSPS) is 13.1. The van der Waals surface area contributed by atoms with Gasteiger partial charge in [0.15, 0.2) is 5.57 Å².